The van der Waals surface area contributed by atoms with Crippen molar-refractivity contribution in [3.63, 3.8) is 0 Å². The van der Waals surface area contributed by atoms with Crippen LogP contribution in [0.25, 0.3) is 0 Å². The van der Waals surface area contributed by atoms with E-state index in [1.54, 1.807) is 11.8 Å². The molecule has 0 aliphatic rings. The molecule has 0 heterocycles. The summed E-state index contributed by atoms with van der Waals surface area (Å²) in [6, 6.07) is 4.47. The van der Waals surface area contributed by atoms with E-state index < -0.39 is 0 Å². The summed E-state index contributed by atoms with van der Waals surface area (Å²) in [7, 11) is 1.20. The molecular formula is C11H14LiPS. The Bertz CT molecular complexity index is 311. The molecule has 0 N–H and O–H groups in total. The van der Waals surface area contributed by atoms with Gasteiger partial charge in [0.05, 0.1) is 0 Å². The monoisotopic (exact) mass is 216 g/mol. The van der Waals surface area contributed by atoms with Crippen molar-refractivity contribution >= 4 is 30.4 Å². The number of hydrogen-bond donors (Lipinski definition) is 0. The third kappa shape index (κ3) is 3.83. The van der Waals surface area contributed by atoms with Crippen molar-refractivity contribution in [2.45, 2.75) is 20.8 Å². The topological polar surface area (TPSA) is 0 Å². The minimum Gasteiger partial charge on any atom is -0.399 e. The normalized spacial score (nSPS) is 10.3. The molecule has 0 aliphatic heterocycles. The van der Waals surface area contributed by atoms with Gasteiger partial charge in [-0.25, -0.2) is 0 Å². The zero-order valence-corrected chi connectivity index (χ0v) is 11.2. The Morgan fingerprint density at radius 2 is 1.64 bits per heavy atom. The summed E-state index contributed by atoms with van der Waals surface area (Å²) < 4.78 is 0. The molecule has 1 aromatic rings. The van der Waals surface area contributed by atoms with Crippen molar-refractivity contribution in [1.29, 1.82) is 0 Å². The van der Waals surface area contributed by atoms with Gasteiger partial charge in [0.1, 0.15) is 0 Å². The van der Waals surface area contributed by atoms with Crippen LogP contribution >= 0.6 is 20.0 Å². The molecule has 0 radical (unpaired) electrons. The van der Waals surface area contributed by atoms with Crippen LogP contribution in [0.2, 0.25) is 0 Å². The third-order valence-electron chi connectivity index (χ3n) is 1.88. The van der Waals surface area contributed by atoms with Crippen LogP contribution in [0.15, 0.2) is 12.1 Å². The summed E-state index contributed by atoms with van der Waals surface area (Å²) in [5, 5.41) is 4.66. The molecule has 0 unspecified atom stereocenters. The van der Waals surface area contributed by atoms with E-state index in [0.29, 0.717) is 0 Å². The predicted octanol–water partition coefficient (Wildman–Crippen LogP) is 0.187. The summed E-state index contributed by atoms with van der Waals surface area (Å²) in [5.74, 6) is 0. The van der Waals surface area contributed by atoms with Crippen LogP contribution < -0.4 is 24.2 Å². The molecule has 0 saturated carbocycles. The Labute approximate surface area is 105 Å². The number of hydrogen-bond acceptors (Lipinski definition) is 1. The summed E-state index contributed by atoms with van der Waals surface area (Å²) >= 11 is 1.66. The van der Waals surface area contributed by atoms with Crippen molar-refractivity contribution in [3.8, 4) is 0 Å². The zero-order valence-electron chi connectivity index (χ0n) is 9.51. The van der Waals surface area contributed by atoms with Gasteiger partial charge in [0, 0.05) is 0 Å². The van der Waals surface area contributed by atoms with Gasteiger partial charge in [-0.1, -0.05) is 17.7 Å². The molecule has 0 aliphatic carbocycles. The van der Waals surface area contributed by atoms with Crippen LogP contribution in [0, 0.1) is 20.8 Å². The fourth-order valence-electron chi connectivity index (χ4n) is 1.44. The first-order valence-corrected chi connectivity index (χ1v) is 6.33. The second-order valence-electron chi connectivity index (χ2n) is 3.15. The van der Waals surface area contributed by atoms with Crippen LogP contribution in [0.1, 0.15) is 16.7 Å². The van der Waals surface area contributed by atoms with Gasteiger partial charge in [0.15, 0.2) is 0 Å². The average Bonchev–Trinajstić information content (AvgIpc) is 2.02. The molecule has 0 aromatic heterocycles. The number of thioether (sulfide) groups is 1. The molecule has 0 atom stereocenters. The maximum atomic E-state index is 3.25. The van der Waals surface area contributed by atoms with E-state index in [1.807, 2.05) is 6.26 Å². The Kier molecular flexibility index (Phi) is 6.92. The van der Waals surface area contributed by atoms with Crippen LogP contribution in [-0.4, -0.2) is 11.4 Å². The average molecular weight is 216 g/mol. The van der Waals surface area contributed by atoms with Gasteiger partial charge >= 0.3 is 18.9 Å². The Hall–Kier alpha value is 0.337. The van der Waals surface area contributed by atoms with E-state index in [0.717, 1.165) is 0 Å². The van der Waals surface area contributed by atoms with Gasteiger partial charge in [-0.15, -0.1) is 0 Å². The predicted molar refractivity (Wildman–Crippen MR) is 65.7 cm³/mol. The molecule has 0 fully saturated rings. The number of rotatable bonds is 2. The molecule has 3 heteroatoms. The van der Waals surface area contributed by atoms with E-state index in [9.17, 15) is 0 Å². The summed E-state index contributed by atoms with van der Waals surface area (Å²) in [6.45, 7) is 6.48. The molecule has 0 amide bonds. The van der Waals surface area contributed by atoms with Crippen molar-refractivity contribution in [2.24, 2.45) is 0 Å². The van der Waals surface area contributed by atoms with Crippen molar-refractivity contribution in [2.75, 3.05) is 6.26 Å². The SMILES string of the molecule is CS[C-]=Pc1c(C)cc(C)cc1C.[Li+]. The van der Waals surface area contributed by atoms with Crippen LogP contribution in [-0.2, 0) is 0 Å². The summed E-state index contributed by atoms with van der Waals surface area (Å²) in [4.78, 5) is 0. The molecule has 0 nitrogen and oxygen atoms in total. The molecule has 0 saturated heterocycles. The molecule has 70 valence electrons. The molecule has 0 spiro atoms. The van der Waals surface area contributed by atoms with Gasteiger partial charge in [-0.05, 0) is 43.5 Å². The Balaban J connectivity index is 0.00000169. The number of aryl methyl sites for hydroxylation is 3. The standard InChI is InChI=1S/C11H14PS.Li/c1-8-5-9(2)11(10(3)6-8)12-7-13-4;/h5-6H,1-4H3;/q-1;+1. The first-order valence-electron chi connectivity index (χ1n) is 4.21. The number of benzene rings is 1. The minimum atomic E-state index is 0. The first kappa shape index (κ1) is 14.3. The minimum absolute atomic E-state index is 0. The van der Waals surface area contributed by atoms with Gasteiger partial charge in [0.2, 0.25) is 0 Å². The van der Waals surface area contributed by atoms with E-state index >= 15 is 0 Å². The Morgan fingerprint density at radius 1 is 1.14 bits per heavy atom. The molecule has 14 heavy (non-hydrogen) atoms. The van der Waals surface area contributed by atoms with E-state index in [1.165, 1.54) is 30.2 Å². The summed E-state index contributed by atoms with van der Waals surface area (Å²) in [5.41, 5.74) is 4.10. The maximum absolute atomic E-state index is 3.25. The third-order valence-corrected chi connectivity index (χ3v) is 3.91. The summed E-state index contributed by atoms with van der Waals surface area (Å²) in [6.07, 6.45) is 2.05. The zero-order chi connectivity index (χ0) is 9.84. The van der Waals surface area contributed by atoms with Gasteiger partial charge in [-0.3, -0.25) is 8.20 Å². The second kappa shape index (κ2) is 6.75. The fraction of sp³-hybridized carbons (Fsp3) is 0.364. The van der Waals surface area contributed by atoms with Gasteiger partial charge < -0.3 is 16.9 Å². The first-order chi connectivity index (χ1) is 6.15. The fourth-order valence-corrected chi connectivity index (χ4v) is 2.65. The molecule has 1 aromatic carbocycles. The van der Waals surface area contributed by atoms with E-state index in [2.05, 4.69) is 38.0 Å². The smallest absolute Gasteiger partial charge is 0.399 e. The van der Waals surface area contributed by atoms with Crippen molar-refractivity contribution in [3.05, 3.63) is 28.8 Å². The second-order valence-corrected chi connectivity index (χ2v) is 4.96. The molecule has 0 bridgehead atoms. The van der Waals surface area contributed by atoms with E-state index in [-0.39, 0.29) is 18.9 Å². The van der Waals surface area contributed by atoms with Crippen LogP contribution in [0.4, 0.5) is 0 Å². The maximum Gasteiger partial charge on any atom is 1.00 e. The van der Waals surface area contributed by atoms with Crippen LogP contribution in [0.3, 0.4) is 0 Å². The molecule has 1 rings (SSSR count). The van der Waals surface area contributed by atoms with E-state index in [4.69, 9.17) is 0 Å². The molecular weight excluding hydrogens is 202 g/mol. The largest absolute Gasteiger partial charge is 1.00 e. The van der Waals surface area contributed by atoms with Crippen molar-refractivity contribution < 1.29 is 18.9 Å². The van der Waals surface area contributed by atoms with Crippen LogP contribution in [0.5, 0.6) is 0 Å². The quantitative estimate of drug-likeness (QED) is 0.386. The van der Waals surface area contributed by atoms with Gasteiger partial charge in [-0.2, -0.15) is 0 Å². The van der Waals surface area contributed by atoms with Gasteiger partial charge in [0.25, 0.3) is 0 Å². The Morgan fingerprint density at radius 3 is 2.07 bits per heavy atom. The van der Waals surface area contributed by atoms with Crippen molar-refractivity contribution in [1.82, 2.24) is 0 Å².